The molecule has 3 aromatic rings. The van der Waals surface area contributed by atoms with Gasteiger partial charge in [-0.25, -0.2) is 14.0 Å². The summed E-state index contributed by atoms with van der Waals surface area (Å²) in [6.07, 6.45) is 0.867. The van der Waals surface area contributed by atoms with Crippen LogP contribution in [0.2, 0.25) is 0 Å². The summed E-state index contributed by atoms with van der Waals surface area (Å²) in [7, 11) is 0. The normalized spacial score (nSPS) is 10.8. The highest BCUT2D eigenvalue weighted by Gasteiger charge is 2.18. The monoisotopic (exact) mass is 516 g/mol. The largest absolute Gasteiger partial charge is 0.422 e. The predicted molar refractivity (Wildman–Crippen MR) is 104 cm³/mol. The van der Waals surface area contributed by atoms with Crippen LogP contribution >= 0.6 is 38.5 Å². The Morgan fingerprint density at radius 3 is 2.76 bits per heavy atom. The highest BCUT2D eigenvalue weighted by molar-refractivity contribution is 14.1. The first-order valence-electron chi connectivity index (χ1n) is 7.28. The van der Waals surface area contributed by atoms with Crippen molar-refractivity contribution in [3.63, 3.8) is 0 Å². The van der Waals surface area contributed by atoms with Crippen molar-refractivity contribution in [3.05, 3.63) is 74.3 Å². The van der Waals surface area contributed by atoms with Gasteiger partial charge in [-0.05, 0) is 58.2 Å². The van der Waals surface area contributed by atoms with E-state index < -0.39 is 17.4 Å². The van der Waals surface area contributed by atoms with E-state index in [9.17, 15) is 14.0 Å². The third-order valence-electron chi connectivity index (χ3n) is 3.50. The van der Waals surface area contributed by atoms with E-state index in [1.54, 1.807) is 6.07 Å². The van der Waals surface area contributed by atoms with Gasteiger partial charge in [0, 0.05) is 15.9 Å². The van der Waals surface area contributed by atoms with Crippen LogP contribution < -0.4 is 10.4 Å². The zero-order valence-electron chi connectivity index (χ0n) is 12.7. The highest BCUT2D eigenvalue weighted by atomic mass is 127. The van der Waals surface area contributed by atoms with E-state index in [4.69, 9.17) is 9.15 Å². The van der Waals surface area contributed by atoms with E-state index in [1.807, 2.05) is 12.1 Å². The summed E-state index contributed by atoms with van der Waals surface area (Å²) in [6, 6.07) is 10.6. The van der Waals surface area contributed by atoms with E-state index in [0.717, 1.165) is 22.5 Å². The van der Waals surface area contributed by atoms with Gasteiger partial charge in [0.05, 0.1) is 4.47 Å². The lowest BCUT2D eigenvalue weighted by molar-refractivity contribution is 0.0729. The zero-order chi connectivity index (χ0) is 18.0. The SMILES string of the molecule is O=C(Oc1cc(F)ccc1Br)c1cc2cc(CCI)ccc2oc1=O. The number of esters is 1. The van der Waals surface area contributed by atoms with Gasteiger partial charge in [-0.15, -0.1) is 0 Å². The number of aryl methyl sites for hydroxylation is 1. The highest BCUT2D eigenvalue weighted by Crippen LogP contribution is 2.26. The zero-order valence-corrected chi connectivity index (χ0v) is 16.5. The van der Waals surface area contributed by atoms with Crippen LogP contribution in [0.15, 0.2) is 56.1 Å². The number of hydrogen-bond acceptors (Lipinski definition) is 4. The molecule has 0 aliphatic carbocycles. The first-order chi connectivity index (χ1) is 12.0. The topological polar surface area (TPSA) is 56.5 Å². The minimum Gasteiger partial charge on any atom is -0.422 e. The molecule has 0 atom stereocenters. The van der Waals surface area contributed by atoms with E-state index in [1.165, 1.54) is 18.2 Å². The molecule has 0 aliphatic rings. The minimum absolute atomic E-state index is 0.0110. The van der Waals surface area contributed by atoms with Crippen LogP contribution in [0.5, 0.6) is 5.75 Å². The summed E-state index contributed by atoms with van der Waals surface area (Å²) in [4.78, 5) is 24.4. The van der Waals surface area contributed by atoms with E-state index in [0.29, 0.717) is 15.4 Å². The van der Waals surface area contributed by atoms with E-state index in [-0.39, 0.29) is 11.3 Å². The Bertz CT molecular complexity index is 1020. The Morgan fingerprint density at radius 2 is 2.00 bits per heavy atom. The van der Waals surface area contributed by atoms with Crippen LogP contribution in [-0.2, 0) is 6.42 Å². The van der Waals surface area contributed by atoms with Gasteiger partial charge < -0.3 is 9.15 Å². The van der Waals surface area contributed by atoms with Crippen LogP contribution in [0, 0.1) is 5.82 Å². The van der Waals surface area contributed by atoms with Gasteiger partial charge in [0.25, 0.3) is 0 Å². The van der Waals surface area contributed by atoms with E-state index >= 15 is 0 Å². The molecule has 4 nitrogen and oxygen atoms in total. The number of hydrogen-bond donors (Lipinski definition) is 0. The summed E-state index contributed by atoms with van der Waals surface area (Å²) in [5.74, 6) is -1.47. The summed E-state index contributed by atoms with van der Waals surface area (Å²) in [6.45, 7) is 0. The quantitative estimate of drug-likeness (QED) is 0.163. The Morgan fingerprint density at radius 1 is 1.20 bits per heavy atom. The number of rotatable bonds is 4. The summed E-state index contributed by atoms with van der Waals surface area (Å²) in [5, 5.41) is 0.632. The lowest BCUT2D eigenvalue weighted by atomic mass is 10.1. The number of fused-ring (bicyclic) bond motifs is 1. The molecule has 0 radical (unpaired) electrons. The Hall–Kier alpha value is -1.74. The number of benzene rings is 2. The van der Waals surface area contributed by atoms with Gasteiger partial charge in [0.1, 0.15) is 22.7 Å². The second kappa shape index (κ2) is 7.65. The molecule has 0 bridgehead atoms. The molecule has 0 fully saturated rings. The first-order valence-corrected chi connectivity index (χ1v) is 9.60. The van der Waals surface area contributed by atoms with Gasteiger partial charge in [-0.3, -0.25) is 0 Å². The summed E-state index contributed by atoms with van der Waals surface area (Å²) in [5.41, 5.74) is 0.426. The number of carbonyl (C=O) groups excluding carboxylic acids is 1. The van der Waals surface area contributed by atoms with Crippen molar-refractivity contribution in [2.75, 3.05) is 4.43 Å². The van der Waals surface area contributed by atoms with Gasteiger partial charge in [-0.2, -0.15) is 0 Å². The molecule has 1 aromatic heterocycles. The molecule has 3 rings (SSSR count). The van der Waals surface area contributed by atoms with Crippen molar-refractivity contribution in [1.29, 1.82) is 0 Å². The second-order valence-corrected chi connectivity index (χ2v) is 7.16. The molecule has 1 heterocycles. The van der Waals surface area contributed by atoms with E-state index in [2.05, 4.69) is 38.5 Å². The van der Waals surface area contributed by atoms with Crippen molar-refractivity contribution in [2.24, 2.45) is 0 Å². The average molecular weight is 517 g/mol. The van der Waals surface area contributed by atoms with Crippen molar-refractivity contribution in [1.82, 2.24) is 0 Å². The number of carbonyl (C=O) groups is 1. The Labute approximate surface area is 164 Å². The molecule has 0 amide bonds. The fraction of sp³-hybridized carbons (Fsp3) is 0.111. The fourth-order valence-corrected chi connectivity index (χ4v) is 3.24. The van der Waals surface area contributed by atoms with Crippen LogP contribution in [0.1, 0.15) is 15.9 Å². The first kappa shape index (κ1) is 18.1. The number of alkyl halides is 1. The third kappa shape index (κ3) is 4.09. The molecule has 7 heteroatoms. The molecular weight excluding hydrogens is 506 g/mol. The number of ether oxygens (including phenoxy) is 1. The van der Waals surface area contributed by atoms with Gasteiger partial charge in [0.15, 0.2) is 0 Å². The van der Waals surface area contributed by atoms with Gasteiger partial charge >= 0.3 is 11.6 Å². The maximum Gasteiger partial charge on any atom is 0.351 e. The van der Waals surface area contributed by atoms with Gasteiger partial charge in [-0.1, -0.05) is 28.7 Å². The average Bonchev–Trinajstić information content (AvgIpc) is 2.58. The van der Waals surface area contributed by atoms with Crippen molar-refractivity contribution in [3.8, 4) is 5.75 Å². The lowest BCUT2D eigenvalue weighted by Gasteiger charge is -2.07. The predicted octanol–water partition coefficient (Wildman–Crippen LogP) is 4.89. The minimum atomic E-state index is -0.902. The molecule has 0 N–H and O–H groups in total. The van der Waals surface area contributed by atoms with Gasteiger partial charge in [0.2, 0.25) is 0 Å². The third-order valence-corrected chi connectivity index (χ3v) is 4.69. The maximum atomic E-state index is 13.3. The molecule has 0 saturated carbocycles. The van der Waals surface area contributed by atoms with Crippen LogP contribution in [0.25, 0.3) is 11.0 Å². The molecule has 0 saturated heterocycles. The molecule has 25 heavy (non-hydrogen) atoms. The van der Waals surface area contributed by atoms with Crippen LogP contribution in [-0.4, -0.2) is 10.4 Å². The molecule has 0 unspecified atom stereocenters. The van der Waals surface area contributed by atoms with Crippen molar-refractivity contribution >= 4 is 55.5 Å². The molecule has 0 spiro atoms. The van der Waals surface area contributed by atoms with Crippen molar-refractivity contribution in [2.45, 2.75) is 6.42 Å². The smallest absolute Gasteiger partial charge is 0.351 e. The fourth-order valence-electron chi connectivity index (χ4n) is 2.29. The maximum absolute atomic E-state index is 13.3. The molecule has 128 valence electrons. The molecular formula is C18H11BrFIO4. The molecule has 0 aliphatic heterocycles. The second-order valence-electron chi connectivity index (χ2n) is 5.22. The Balaban J connectivity index is 1.98. The van der Waals surface area contributed by atoms with Crippen molar-refractivity contribution < 1.29 is 18.3 Å². The standard InChI is InChI=1S/C18H11BrFIO4/c19-14-3-2-12(20)9-16(14)25-18(23)13-8-11-7-10(5-6-21)1-4-15(11)24-17(13)22/h1-4,7-9H,5-6H2. The molecule has 2 aromatic carbocycles. The van der Waals surface area contributed by atoms with Crippen LogP contribution in [0.4, 0.5) is 4.39 Å². The summed E-state index contributed by atoms with van der Waals surface area (Å²) >= 11 is 5.44. The lowest BCUT2D eigenvalue weighted by Crippen LogP contribution is -2.19. The number of halogens is 3. The summed E-state index contributed by atoms with van der Waals surface area (Å²) < 4.78 is 25.0. The van der Waals surface area contributed by atoms with Crippen LogP contribution in [0.3, 0.4) is 0 Å². The Kier molecular flexibility index (Phi) is 5.53.